The number of amidine groups is 1. The van der Waals surface area contributed by atoms with Gasteiger partial charge in [0.05, 0.1) is 11.4 Å². The third-order valence-corrected chi connectivity index (χ3v) is 4.97. The van der Waals surface area contributed by atoms with E-state index in [0.717, 1.165) is 16.9 Å². The fourth-order valence-corrected chi connectivity index (χ4v) is 3.38. The normalized spacial score (nSPS) is 17.2. The zero-order valence-corrected chi connectivity index (χ0v) is 17.0. The van der Waals surface area contributed by atoms with E-state index in [2.05, 4.69) is 10.6 Å². The van der Waals surface area contributed by atoms with Crippen LogP contribution in [-0.4, -0.2) is 28.3 Å². The number of carbonyl (C=O) groups excluding carboxylic acids is 1. The summed E-state index contributed by atoms with van der Waals surface area (Å²) in [5.74, 6) is 1.13. The van der Waals surface area contributed by atoms with E-state index in [1.54, 1.807) is 0 Å². The SMILES string of the molecule is CC(=O)NCCc1nc(-c2ccccc2)nc2c1N=C(Nc1ccccc1)C2(C)N. The van der Waals surface area contributed by atoms with Crippen molar-refractivity contribution in [3.8, 4) is 11.4 Å². The van der Waals surface area contributed by atoms with E-state index in [0.29, 0.717) is 36.0 Å². The molecular formula is C23H24N6O. The number of para-hydroxylation sites is 1. The Hall–Kier alpha value is -3.58. The minimum Gasteiger partial charge on any atom is -0.356 e. The molecular weight excluding hydrogens is 376 g/mol. The van der Waals surface area contributed by atoms with Gasteiger partial charge in [-0.2, -0.15) is 0 Å². The number of hydrogen-bond acceptors (Lipinski definition) is 6. The smallest absolute Gasteiger partial charge is 0.216 e. The van der Waals surface area contributed by atoms with Gasteiger partial charge in [0.15, 0.2) is 5.82 Å². The Morgan fingerprint density at radius 1 is 1.03 bits per heavy atom. The fourth-order valence-electron chi connectivity index (χ4n) is 3.38. The first-order valence-electron chi connectivity index (χ1n) is 9.86. The van der Waals surface area contributed by atoms with Gasteiger partial charge in [-0.1, -0.05) is 48.5 Å². The fraction of sp³-hybridized carbons (Fsp3) is 0.217. The maximum Gasteiger partial charge on any atom is 0.216 e. The summed E-state index contributed by atoms with van der Waals surface area (Å²) in [4.78, 5) is 25.6. The molecule has 0 spiro atoms. The summed E-state index contributed by atoms with van der Waals surface area (Å²) >= 11 is 0. The number of carbonyl (C=O) groups is 1. The molecule has 0 radical (unpaired) electrons. The number of nitrogens with zero attached hydrogens (tertiary/aromatic N) is 3. The van der Waals surface area contributed by atoms with Gasteiger partial charge in [-0.3, -0.25) is 4.79 Å². The average Bonchev–Trinajstić information content (AvgIpc) is 2.99. The molecule has 4 rings (SSSR count). The highest BCUT2D eigenvalue weighted by atomic mass is 16.1. The van der Waals surface area contributed by atoms with E-state index in [9.17, 15) is 4.79 Å². The number of aromatic nitrogens is 2. The highest BCUT2D eigenvalue weighted by Gasteiger charge is 2.40. The van der Waals surface area contributed by atoms with Gasteiger partial charge in [0.25, 0.3) is 0 Å². The molecule has 1 amide bonds. The summed E-state index contributed by atoms with van der Waals surface area (Å²) in [5.41, 5.74) is 9.72. The van der Waals surface area contributed by atoms with Crippen LogP contribution < -0.4 is 16.4 Å². The van der Waals surface area contributed by atoms with E-state index in [-0.39, 0.29) is 5.91 Å². The number of hydrogen-bond donors (Lipinski definition) is 3. The summed E-state index contributed by atoms with van der Waals surface area (Å²) in [7, 11) is 0. The van der Waals surface area contributed by atoms with Crippen LogP contribution >= 0.6 is 0 Å². The predicted molar refractivity (Wildman–Crippen MR) is 119 cm³/mol. The summed E-state index contributed by atoms with van der Waals surface area (Å²) in [6.07, 6.45) is 0.530. The molecule has 2 aromatic carbocycles. The van der Waals surface area contributed by atoms with Crippen LogP contribution in [-0.2, 0) is 16.8 Å². The molecule has 3 aromatic rings. The van der Waals surface area contributed by atoms with Crippen LogP contribution in [0.25, 0.3) is 11.4 Å². The zero-order chi connectivity index (χ0) is 21.1. The van der Waals surface area contributed by atoms with Crippen molar-refractivity contribution in [3.05, 3.63) is 72.1 Å². The van der Waals surface area contributed by atoms with Crippen LogP contribution in [0.4, 0.5) is 11.4 Å². The number of aliphatic imine (C=N–C) groups is 1. The van der Waals surface area contributed by atoms with Crippen LogP contribution in [0.2, 0.25) is 0 Å². The van der Waals surface area contributed by atoms with Crippen molar-refractivity contribution < 1.29 is 4.79 Å². The van der Waals surface area contributed by atoms with Gasteiger partial charge in [0, 0.05) is 31.1 Å². The van der Waals surface area contributed by atoms with Crippen LogP contribution in [0.15, 0.2) is 65.7 Å². The predicted octanol–water partition coefficient (Wildman–Crippen LogP) is 3.15. The minimum absolute atomic E-state index is 0.0809. The lowest BCUT2D eigenvalue weighted by Gasteiger charge is -2.22. The number of nitrogens with two attached hydrogens (primary N) is 1. The van der Waals surface area contributed by atoms with Crippen LogP contribution in [0.5, 0.6) is 0 Å². The molecule has 0 saturated heterocycles. The molecule has 0 aliphatic carbocycles. The maximum atomic E-state index is 11.3. The first kappa shape index (κ1) is 19.7. The van der Waals surface area contributed by atoms with Gasteiger partial charge in [-0.25, -0.2) is 15.0 Å². The topological polar surface area (TPSA) is 105 Å². The van der Waals surface area contributed by atoms with Gasteiger partial charge < -0.3 is 16.4 Å². The van der Waals surface area contributed by atoms with Gasteiger partial charge >= 0.3 is 0 Å². The number of amides is 1. The van der Waals surface area contributed by atoms with E-state index in [1.165, 1.54) is 6.92 Å². The number of anilines is 1. The van der Waals surface area contributed by atoms with Gasteiger partial charge in [0.2, 0.25) is 5.91 Å². The summed E-state index contributed by atoms with van der Waals surface area (Å²) in [6.45, 7) is 3.86. The number of fused-ring (bicyclic) bond motifs is 1. The minimum atomic E-state index is -0.902. The third-order valence-electron chi connectivity index (χ3n) is 4.97. The Labute approximate surface area is 175 Å². The molecule has 2 heterocycles. The second kappa shape index (κ2) is 8.04. The van der Waals surface area contributed by atoms with Crippen molar-refractivity contribution in [3.63, 3.8) is 0 Å². The lowest BCUT2D eigenvalue weighted by Crippen LogP contribution is -2.44. The highest BCUT2D eigenvalue weighted by Crippen LogP contribution is 2.39. The largest absolute Gasteiger partial charge is 0.356 e. The Bertz CT molecular complexity index is 1090. The Morgan fingerprint density at radius 2 is 1.70 bits per heavy atom. The van der Waals surface area contributed by atoms with E-state index in [1.807, 2.05) is 67.6 Å². The highest BCUT2D eigenvalue weighted by molar-refractivity contribution is 6.07. The number of nitrogens with one attached hydrogen (secondary N) is 2. The molecule has 4 N–H and O–H groups in total. The molecule has 1 unspecified atom stereocenters. The second-order valence-electron chi connectivity index (χ2n) is 7.44. The molecule has 7 heteroatoms. The van der Waals surface area contributed by atoms with Crippen molar-refractivity contribution in [1.29, 1.82) is 0 Å². The number of benzene rings is 2. The molecule has 0 fully saturated rings. The molecule has 30 heavy (non-hydrogen) atoms. The van der Waals surface area contributed by atoms with E-state index in [4.69, 9.17) is 20.7 Å². The zero-order valence-electron chi connectivity index (χ0n) is 17.0. The van der Waals surface area contributed by atoms with E-state index < -0.39 is 5.54 Å². The Kier molecular flexibility index (Phi) is 5.29. The van der Waals surface area contributed by atoms with Crippen LogP contribution in [0, 0.1) is 0 Å². The van der Waals surface area contributed by atoms with Crippen molar-refractivity contribution in [2.75, 3.05) is 11.9 Å². The average molecular weight is 400 g/mol. The lowest BCUT2D eigenvalue weighted by molar-refractivity contribution is -0.118. The van der Waals surface area contributed by atoms with Gasteiger partial charge in [-0.15, -0.1) is 0 Å². The Balaban J connectivity index is 1.75. The van der Waals surface area contributed by atoms with Crippen molar-refractivity contribution in [2.24, 2.45) is 10.7 Å². The molecule has 1 aromatic heterocycles. The Morgan fingerprint density at radius 3 is 2.37 bits per heavy atom. The van der Waals surface area contributed by atoms with Crippen LogP contribution in [0.3, 0.4) is 0 Å². The van der Waals surface area contributed by atoms with Crippen molar-refractivity contribution in [1.82, 2.24) is 15.3 Å². The monoisotopic (exact) mass is 400 g/mol. The molecule has 1 atom stereocenters. The summed E-state index contributed by atoms with van der Waals surface area (Å²) in [6, 6.07) is 19.5. The van der Waals surface area contributed by atoms with Gasteiger partial charge in [-0.05, 0) is 19.1 Å². The summed E-state index contributed by atoms with van der Waals surface area (Å²) < 4.78 is 0. The quantitative estimate of drug-likeness (QED) is 0.610. The number of rotatable bonds is 5. The van der Waals surface area contributed by atoms with E-state index >= 15 is 0 Å². The first-order chi connectivity index (χ1) is 14.4. The van der Waals surface area contributed by atoms with Crippen molar-refractivity contribution in [2.45, 2.75) is 25.8 Å². The van der Waals surface area contributed by atoms with Gasteiger partial charge in [0.1, 0.15) is 17.1 Å². The van der Waals surface area contributed by atoms with Crippen molar-refractivity contribution >= 4 is 23.1 Å². The maximum absolute atomic E-state index is 11.3. The first-order valence-corrected chi connectivity index (χ1v) is 9.86. The third kappa shape index (κ3) is 3.92. The molecule has 1 aliphatic heterocycles. The molecule has 1 aliphatic rings. The second-order valence-corrected chi connectivity index (χ2v) is 7.44. The van der Waals surface area contributed by atoms with Crippen LogP contribution in [0.1, 0.15) is 25.2 Å². The molecule has 0 bridgehead atoms. The molecule has 152 valence electrons. The standard InChI is InChI=1S/C23H24N6O/c1-15(30)25-14-13-18-19-20(29-21(27-18)16-9-5-3-6-10-16)23(2,24)22(28-19)26-17-11-7-4-8-12-17/h3-12H,13-14,24H2,1-2H3,(H,25,30)(H,26,28). The lowest BCUT2D eigenvalue weighted by atomic mass is 9.97. The molecule has 0 saturated carbocycles. The molecule has 7 nitrogen and oxygen atoms in total. The summed E-state index contributed by atoms with van der Waals surface area (Å²) in [5, 5.41) is 6.15.